The third-order valence-electron chi connectivity index (χ3n) is 1.64. The Labute approximate surface area is 64.8 Å². The maximum Gasteiger partial charge on any atom is 0.229 e. The SMILES string of the molecule is CCC(CO)C(O)C[N+](=O)[O-]. The molecule has 0 fully saturated rings. The van der Waals surface area contributed by atoms with Crippen LogP contribution in [0.4, 0.5) is 0 Å². The van der Waals surface area contributed by atoms with Crippen molar-refractivity contribution in [1.82, 2.24) is 0 Å². The molecule has 0 aliphatic heterocycles. The molecule has 2 unspecified atom stereocenters. The highest BCUT2D eigenvalue weighted by atomic mass is 16.6. The number of nitro groups is 1. The molecule has 0 aromatic rings. The Morgan fingerprint density at radius 3 is 2.45 bits per heavy atom. The molecule has 5 nitrogen and oxygen atoms in total. The molecule has 5 heteroatoms. The second-order valence-electron chi connectivity index (χ2n) is 2.43. The lowest BCUT2D eigenvalue weighted by atomic mass is 10.0. The van der Waals surface area contributed by atoms with Crippen LogP contribution in [-0.4, -0.2) is 34.4 Å². The zero-order valence-corrected chi connectivity index (χ0v) is 6.43. The first-order valence-electron chi connectivity index (χ1n) is 3.52. The standard InChI is InChI=1S/C6H13NO4/c1-2-5(4-8)6(9)3-7(10)11/h5-6,8-9H,2-4H2,1H3. The van der Waals surface area contributed by atoms with Crippen molar-refractivity contribution in [1.29, 1.82) is 0 Å². The van der Waals surface area contributed by atoms with Crippen molar-refractivity contribution in [2.24, 2.45) is 5.92 Å². The van der Waals surface area contributed by atoms with Gasteiger partial charge in [-0.2, -0.15) is 0 Å². The zero-order valence-electron chi connectivity index (χ0n) is 6.43. The lowest BCUT2D eigenvalue weighted by molar-refractivity contribution is -0.492. The van der Waals surface area contributed by atoms with Gasteiger partial charge in [0.15, 0.2) is 0 Å². The fraction of sp³-hybridized carbons (Fsp3) is 1.00. The first-order chi connectivity index (χ1) is 5.11. The number of aliphatic hydroxyl groups is 2. The number of hydrogen-bond donors (Lipinski definition) is 2. The number of rotatable bonds is 5. The summed E-state index contributed by atoms with van der Waals surface area (Å²) in [5.74, 6) is -0.375. The molecule has 0 saturated heterocycles. The molecular formula is C6H13NO4. The molecule has 11 heavy (non-hydrogen) atoms. The molecule has 2 atom stereocenters. The van der Waals surface area contributed by atoms with Gasteiger partial charge < -0.3 is 10.2 Å². The molecule has 0 bridgehead atoms. The van der Waals surface area contributed by atoms with Crippen LogP contribution in [0.5, 0.6) is 0 Å². The molecule has 0 rings (SSSR count). The van der Waals surface area contributed by atoms with Crippen molar-refractivity contribution in [2.75, 3.05) is 13.2 Å². The van der Waals surface area contributed by atoms with E-state index in [9.17, 15) is 10.1 Å². The second kappa shape index (κ2) is 5.03. The molecule has 0 saturated carbocycles. The maximum absolute atomic E-state index is 9.91. The van der Waals surface area contributed by atoms with E-state index in [-0.39, 0.29) is 12.5 Å². The predicted molar refractivity (Wildman–Crippen MR) is 38.7 cm³/mol. The molecule has 0 radical (unpaired) electrons. The van der Waals surface area contributed by atoms with E-state index in [1.807, 2.05) is 0 Å². The van der Waals surface area contributed by atoms with E-state index in [0.717, 1.165) is 0 Å². The van der Waals surface area contributed by atoms with E-state index >= 15 is 0 Å². The van der Waals surface area contributed by atoms with Crippen LogP contribution >= 0.6 is 0 Å². The molecule has 0 amide bonds. The van der Waals surface area contributed by atoms with E-state index in [1.165, 1.54) is 0 Å². The first-order valence-corrected chi connectivity index (χ1v) is 3.52. The Kier molecular flexibility index (Phi) is 4.72. The van der Waals surface area contributed by atoms with Crippen LogP contribution in [0.2, 0.25) is 0 Å². The zero-order chi connectivity index (χ0) is 8.85. The van der Waals surface area contributed by atoms with Crippen LogP contribution in [0, 0.1) is 16.0 Å². The molecular weight excluding hydrogens is 150 g/mol. The Bertz CT molecular complexity index is 124. The normalized spacial score (nSPS) is 15.9. The molecule has 0 aromatic carbocycles. The Hall–Kier alpha value is -0.680. The Balaban J connectivity index is 3.78. The molecule has 0 aliphatic rings. The van der Waals surface area contributed by atoms with Gasteiger partial charge in [-0.15, -0.1) is 0 Å². The summed E-state index contributed by atoms with van der Waals surface area (Å²) >= 11 is 0. The van der Waals surface area contributed by atoms with Gasteiger partial charge in [0, 0.05) is 17.4 Å². The Morgan fingerprint density at radius 2 is 2.18 bits per heavy atom. The molecule has 2 N–H and O–H groups in total. The summed E-state index contributed by atoms with van der Waals surface area (Å²) in [5, 5.41) is 27.6. The summed E-state index contributed by atoms with van der Waals surface area (Å²) in [7, 11) is 0. The lowest BCUT2D eigenvalue weighted by Crippen LogP contribution is -2.30. The smallest absolute Gasteiger partial charge is 0.229 e. The minimum absolute atomic E-state index is 0.203. The predicted octanol–water partition coefficient (Wildman–Crippen LogP) is -0.357. The lowest BCUT2D eigenvalue weighted by Gasteiger charge is -2.14. The topological polar surface area (TPSA) is 83.6 Å². The van der Waals surface area contributed by atoms with E-state index in [2.05, 4.69) is 0 Å². The van der Waals surface area contributed by atoms with Gasteiger partial charge in [0.2, 0.25) is 6.54 Å². The minimum Gasteiger partial charge on any atom is -0.396 e. The van der Waals surface area contributed by atoms with Crippen molar-refractivity contribution >= 4 is 0 Å². The fourth-order valence-corrected chi connectivity index (χ4v) is 0.825. The van der Waals surface area contributed by atoms with Gasteiger partial charge in [0.05, 0.1) is 0 Å². The van der Waals surface area contributed by atoms with Gasteiger partial charge >= 0.3 is 0 Å². The third kappa shape index (κ3) is 3.90. The van der Waals surface area contributed by atoms with Crippen molar-refractivity contribution in [2.45, 2.75) is 19.4 Å². The second-order valence-corrected chi connectivity index (χ2v) is 2.43. The van der Waals surface area contributed by atoms with Crippen LogP contribution in [0.1, 0.15) is 13.3 Å². The molecule has 0 heterocycles. The van der Waals surface area contributed by atoms with Crippen LogP contribution in [0.3, 0.4) is 0 Å². The summed E-state index contributed by atoms with van der Waals surface area (Å²) in [6.07, 6.45) is -0.481. The van der Waals surface area contributed by atoms with Crippen molar-refractivity contribution in [3.05, 3.63) is 10.1 Å². The van der Waals surface area contributed by atoms with Gasteiger partial charge in [-0.05, 0) is 6.42 Å². The number of hydrogen-bond acceptors (Lipinski definition) is 4. The summed E-state index contributed by atoms with van der Waals surface area (Å²) in [6, 6.07) is 0. The minimum atomic E-state index is -1.03. The average Bonchev–Trinajstić information content (AvgIpc) is 1.88. The summed E-state index contributed by atoms with van der Waals surface area (Å²) in [5.41, 5.74) is 0. The van der Waals surface area contributed by atoms with Gasteiger partial charge in [-0.3, -0.25) is 10.1 Å². The van der Waals surface area contributed by atoms with Crippen molar-refractivity contribution in [3.8, 4) is 0 Å². The molecule has 0 aromatic heterocycles. The van der Waals surface area contributed by atoms with Crippen molar-refractivity contribution < 1.29 is 15.1 Å². The van der Waals surface area contributed by atoms with Crippen molar-refractivity contribution in [3.63, 3.8) is 0 Å². The Morgan fingerprint density at radius 1 is 1.64 bits per heavy atom. The van der Waals surface area contributed by atoms with Gasteiger partial charge in [-0.25, -0.2) is 0 Å². The largest absolute Gasteiger partial charge is 0.396 e. The third-order valence-corrected chi connectivity index (χ3v) is 1.64. The first kappa shape index (κ1) is 10.3. The van der Waals surface area contributed by atoms with E-state index in [0.29, 0.717) is 6.42 Å². The van der Waals surface area contributed by atoms with Crippen LogP contribution in [-0.2, 0) is 0 Å². The highest BCUT2D eigenvalue weighted by Gasteiger charge is 2.20. The maximum atomic E-state index is 9.91. The van der Waals surface area contributed by atoms with E-state index in [1.54, 1.807) is 6.92 Å². The highest BCUT2D eigenvalue weighted by molar-refractivity contribution is 4.64. The van der Waals surface area contributed by atoms with Crippen LogP contribution < -0.4 is 0 Å². The monoisotopic (exact) mass is 163 g/mol. The van der Waals surface area contributed by atoms with E-state index < -0.39 is 17.6 Å². The van der Waals surface area contributed by atoms with Crippen LogP contribution in [0.25, 0.3) is 0 Å². The summed E-state index contributed by atoms with van der Waals surface area (Å²) in [6.45, 7) is 1.08. The average molecular weight is 163 g/mol. The quantitative estimate of drug-likeness (QED) is 0.428. The van der Waals surface area contributed by atoms with E-state index in [4.69, 9.17) is 10.2 Å². The summed E-state index contributed by atoms with van der Waals surface area (Å²) in [4.78, 5) is 9.33. The summed E-state index contributed by atoms with van der Waals surface area (Å²) < 4.78 is 0. The fourth-order valence-electron chi connectivity index (χ4n) is 0.825. The molecule has 0 aliphatic carbocycles. The molecule has 0 spiro atoms. The van der Waals surface area contributed by atoms with Gasteiger partial charge in [0.1, 0.15) is 6.10 Å². The van der Waals surface area contributed by atoms with Gasteiger partial charge in [0.25, 0.3) is 0 Å². The number of nitrogens with zero attached hydrogens (tertiary/aromatic N) is 1. The number of aliphatic hydroxyl groups excluding tert-OH is 2. The van der Waals surface area contributed by atoms with Gasteiger partial charge in [-0.1, -0.05) is 6.92 Å². The highest BCUT2D eigenvalue weighted by Crippen LogP contribution is 2.07. The molecule has 66 valence electrons. The van der Waals surface area contributed by atoms with Crippen LogP contribution in [0.15, 0.2) is 0 Å².